The number of hydrogen-bond donors (Lipinski definition) is 2. The van der Waals surface area contributed by atoms with Crippen molar-refractivity contribution in [1.29, 1.82) is 0 Å². The van der Waals surface area contributed by atoms with Crippen LogP contribution in [0.1, 0.15) is 39.2 Å². The number of hydrogen-bond acceptors (Lipinski definition) is 3. The first-order valence-corrected chi connectivity index (χ1v) is 6.20. The molecule has 18 heavy (non-hydrogen) atoms. The van der Waals surface area contributed by atoms with Crippen molar-refractivity contribution in [1.82, 2.24) is 5.48 Å². The molecule has 0 aliphatic heterocycles. The Morgan fingerprint density at radius 1 is 1.33 bits per heavy atom. The van der Waals surface area contributed by atoms with Gasteiger partial charge in [-0.15, -0.1) is 0 Å². The molecule has 1 rings (SSSR count). The maximum atomic E-state index is 11.5. The highest BCUT2D eigenvalue weighted by Gasteiger charge is 2.29. The van der Waals surface area contributed by atoms with Gasteiger partial charge in [0.05, 0.1) is 12.0 Å². The normalized spacial score (nSPS) is 11.1. The van der Waals surface area contributed by atoms with Crippen molar-refractivity contribution in [3.05, 3.63) is 29.8 Å². The van der Waals surface area contributed by atoms with Gasteiger partial charge < -0.3 is 4.74 Å². The smallest absolute Gasteiger partial charge is 0.253 e. The Labute approximate surface area is 108 Å². The number of carbonyl (C=O) groups is 1. The van der Waals surface area contributed by atoms with E-state index >= 15 is 0 Å². The van der Waals surface area contributed by atoms with Gasteiger partial charge >= 0.3 is 0 Å². The summed E-state index contributed by atoms with van der Waals surface area (Å²) in [4.78, 5) is 11.5. The van der Waals surface area contributed by atoms with Crippen LogP contribution in [0.3, 0.4) is 0 Å². The van der Waals surface area contributed by atoms with Crippen molar-refractivity contribution in [2.45, 2.75) is 39.0 Å². The zero-order valence-electron chi connectivity index (χ0n) is 11.2. The van der Waals surface area contributed by atoms with Crippen LogP contribution in [0.15, 0.2) is 24.3 Å². The Kier molecular flexibility index (Phi) is 5.16. The fourth-order valence-electron chi connectivity index (χ4n) is 1.57. The molecule has 0 spiro atoms. The fourth-order valence-corrected chi connectivity index (χ4v) is 1.57. The topological polar surface area (TPSA) is 58.6 Å². The van der Waals surface area contributed by atoms with E-state index < -0.39 is 11.3 Å². The average Bonchev–Trinajstić information content (AvgIpc) is 2.38. The standard InChI is InChI=1S/C14H21NO3/c1-4-5-10-18-12-8-6-11(7-9-12)14(2,3)13(16)15-17/h6-9,17H,4-5,10H2,1-3H3,(H,15,16). The summed E-state index contributed by atoms with van der Waals surface area (Å²) in [5, 5.41) is 8.71. The second-order valence-electron chi connectivity index (χ2n) is 4.79. The minimum atomic E-state index is -0.767. The predicted octanol–water partition coefficient (Wildman–Crippen LogP) is 2.65. The van der Waals surface area contributed by atoms with Gasteiger partial charge in [0.2, 0.25) is 0 Å². The van der Waals surface area contributed by atoms with Crippen LogP contribution in [0.25, 0.3) is 0 Å². The molecular formula is C14H21NO3. The molecule has 2 N–H and O–H groups in total. The lowest BCUT2D eigenvalue weighted by atomic mass is 9.84. The molecule has 100 valence electrons. The average molecular weight is 251 g/mol. The van der Waals surface area contributed by atoms with E-state index in [2.05, 4.69) is 6.92 Å². The van der Waals surface area contributed by atoms with E-state index in [9.17, 15) is 4.79 Å². The van der Waals surface area contributed by atoms with Gasteiger partial charge in [-0.05, 0) is 38.0 Å². The SMILES string of the molecule is CCCCOc1ccc(C(C)(C)C(=O)NO)cc1. The first-order chi connectivity index (χ1) is 8.52. The maximum Gasteiger partial charge on any atom is 0.253 e. The van der Waals surface area contributed by atoms with Crippen LogP contribution in [0.4, 0.5) is 0 Å². The molecule has 1 aromatic carbocycles. The summed E-state index contributed by atoms with van der Waals surface area (Å²) in [7, 11) is 0. The van der Waals surface area contributed by atoms with E-state index in [0.29, 0.717) is 6.61 Å². The summed E-state index contributed by atoms with van der Waals surface area (Å²) in [6.07, 6.45) is 2.13. The van der Waals surface area contributed by atoms with Crippen LogP contribution in [-0.2, 0) is 10.2 Å². The molecule has 1 amide bonds. The zero-order valence-corrected chi connectivity index (χ0v) is 11.2. The number of carbonyl (C=O) groups excluding carboxylic acids is 1. The van der Waals surface area contributed by atoms with Gasteiger partial charge in [0.1, 0.15) is 5.75 Å². The first kappa shape index (κ1) is 14.5. The largest absolute Gasteiger partial charge is 0.494 e. The van der Waals surface area contributed by atoms with E-state index in [1.165, 1.54) is 0 Å². The third-order valence-electron chi connectivity index (χ3n) is 3.01. The summed E-state index contributed by atoms with van der Waals surface area (Å²) in [6, 6.07) is 7.38. The third-order valence-corrected chi connectivity index (χ3v) is 3.01. The Morgan fingerprint density at radius 3 is 2.44 bits per heavy atom. The quantitative estimate of drug-likeness (QED) is 0.464. The van der Waals surface area contributed by atoms with E-state index in [-0.39, 0.29) is 0 Å². The highest BCUT2D eigenvalue weighted by Crippen LogP contribution is 2.25. The van der Waals surface area contributed by atoms with Gasteiger partial charge in [0, 0.05) is 0 Å². The summed E-state index contributed by atoms with van der Waals surface area (Å²) < 4.78 is 5.55. The Bertz CT molecular complexity index is 385. The highest BCUT2D eigenvalue weighted by molar-refractivity contribution is 5.86. The first-order valence-electron chi connectivity index (χ1n) is 6.20. The Balaban J connectivity index is 2.73. The number of rotatable bonds is 6. The van der Waals surface area contributed by atoms with Crippen molar-refractivity contribution in [2.75, 3.05) is 6.61 Å². The third kappa shape index (κ3) is 3.47. The molecule has 0 aliphatic rings. The second kappa shape index (κ2) is 6.40. The number of benzene rings is 1. The lowest BCUT2D eigenvalue weighted by molar-refractivity contribution is -0.134. The minimum absolute atomic E-state index is 0.429. The molecule has 4 nitrogen and oxygen atoms in total. The van der Waals surface area contributed by atoms with Crippen LogP contribution in [0.2, 0.25) is 0 Å². The van der Waals surface area contributed by atoms with Gasteiger partial charge in [-0.25, -0.2) is 5.48 Å². The number of nitrogens with one attached hydrogen (secondary N) is 1. The maximum absolute atomic E-state index is 11.5. The van der Waals surface area contributed by atoms with E-state index in [1.54, 1.807) is 19.3 Å². The van der Waals surface area contributed by atoms with Crippen LogP contribution in [0.5, 0.6) is 5.75 Å². The van der Waals surface area contributed by atoms with Crippen molar-refractivity contribution < 1.29 is 14.7 Å². The number of hydroxylamine groups is 1. The van der Waals surface area contributed by atoms with Crippen LogP contribution in [-0.4, -0.2) is 17.7 Å². The molecule has 0 atom stereocenters. The summed E-state index contributed by atoms with van der Waals surface area (Å²) in [5.41, 5.74) is 1.75. The molecule has 0 saturated carbocycles. The van der Waals surface area contributed by atoms with Crippen LogP contribution < -0.4 is 10.2 Å². The van der Waals surface area contributed by atoms with Gasteiger partial charge in [-0.2, -0.15) is 0 Å². The molecule has 0 aromatic heterocycles. The summed E-state index contributed by atoms with van der Waals surface area (Å²) in [6.45, 7) is 6.33. The fraction of sp³-hybridized carbons (Fsp3) is 0.500. The van der Waals surface area contributed by atoms with Gasteiger partial charge in [0.15, 0.2) is 0 Å². The van der Waals surface area contributed by atoms with E-state index in [0.717, 1.165) is 24.2 Å². The monoisotopic (exact) mass is 251 g/mol. The lowest BCUT2D eigenvalue weighted by Crippen LogP contribution is -2.38. The van der Waals surface area contributed by atoms with Gasteiger partial charge in [0.25, 0.3) is 5.91 Å². The molecule has 0 radical (unpaired) electrons. The number of ether oxygens (including phenoxy) is 1. The summed E-state index contributed by atoms with van der Waals surface area (Å²) >= 11 is 0. The molecule has 1 aromatic rings. The molecular weight excluding hydrogens is 230 g/mol. The molecule has 0 saturated heterocycles. The second-order valence-corrected chi connectivity index (χ2v) is 4.79. The van der Waals surface area contributed by atoms with Crippen LogP contribution in [0, 0.1) is 0 Å². The number of unbranched alkanes of at least 4 members (excludes halogenated alkanes) is 1. The van der Waals surface area contributed by atoms with Crippen molar-refractivity contribution in [3.63, 3.8) is 0 Å². The van der Waals surface area contributed by atoms with E-state index in [4.69, 9.17) is 9.94 Å². The van der Waals surface area contributed by atoms with Gasteiger partial charge in [-0.1, -0.05) is 25.5 Å². The Morgan fingerprint density at radius 2 is 1.94 bits per heavy atom. The molecule has 0 aliphatic carbocycles. The molecule has 4 heteroatoms. The zero-order chi connectivity index (χ0) is 13.6. The van der Waals surface area contributed by atoms with Crippen molar-refractivity contribution in [3.8, 4) is 5.75 Å². The van der Waals surface area contributed by atoms with Crippen molar-refractivity contribution in [2.24, 2.45) is 0 Å². The predicted molar refractivity (Wildman–Crippen MR) is 69.8 cm³/mol. The molecule has 0 fully saturated rings. The van der Waals surface area contributed by atoms with E-state index in [1.807, 2.05) is 24.3 Å². The molecule has 0 bridgehead atoms. The lowest BCUT2D eigenvalue weighted by Gasteiger charge is -2.22. The minimum Gasteiger partial charge on any atom is -0.494 e. The van der Waals surface area contributed by atoms with Gasteiger partial charge in [-0.3, -0.25) is 10.0 Å². The molecule has 0 unspecified atom stereocenters. The molecule has 0 heterocycles. The Hall–Kier alpha value is -1.55. The highest BCUT2D eigenvalue weighted by atomic mass is 16.5. The summed E-state index contributed by atoms with van der Waals surface area (Å²) in [5.74, 6) is 0.370. The number of amides is 1. The van der Waals surface area contributed by atoms with Crippen molar-refractivity contribution >= 4 is 5.91 Å². The van der Waals surface area contributed by atoms with Crippen LogP contribution >= 0.6 is 0 Å².